The van der Waals surface area contributed by atoms with Crippen molar-refractivity contribution < 1.29 is 14.6 Å². The smallest absolute Gasteiger partial charge is 0.248 e. The second kappa shape index (κ2) is 6.81. The zero-order valence-electron chi connectivity index (χ0n) is 11.3. The molecule has 1 amide bonds. The van der Waals surface area contributed by atoms with Crippen molar-refractivity contribution in [2.45, 2.75) is 0 Å². The van der Waals surface area contributed by atoms with Gasteiger partial charge in [0.1, 0.15) is 11.5 Å². The van der Waals surface area contributed by atoms with Crippen molar-refractivity contribution in [2.24, 2.45) is 0 Å². The van der Waals surface area contributed by atoms with Crippen molar-refractivity contribution in [1.82, 2.24) is 0 Å². The van der Waals surface area contributed by atoms with Gasteiger partial charge in [-0.1, -0.05) is 23.7 Å². The predicted octanol–water partition coefficient (Wildman–Crippen LogP) is 3.71. The first-order chi connectivity index (χ1) is 10.1. The van der Waals surface area contributed by atoms with Gasteiger partial charge in [0.2, 0.25) is 5.91 Å². The maximum atomic E-state index is 11.8. The van der Waals surface area contributed by atoms with Gasteiger partial charge in [-0.15, -0.1) is 0 Å². The lowest BCUT2D eigenvalue weighted by atomic mass is 10.2. The van der Waals surface area contributed by atoms with Crippen molar-refractivity contribution in [1.29, 1.82) is 0 Å². The fraction of sp³-hybridized carbons (Fsp3) is 0.0625. The van der Waals surface area contributed by atoms with Crippen LogP contribution in [-0.4, -0.2) is 18.1 Å². The molecule has 0 aliphatic carbocycles. The summed E-state index contributed by atoms with van der Waals surface area (Å²) in [4.78, 5) is 11.8. The summed E-state index contributed by atoms with van der Waals surface area (Å²) in [7, 11) is 1.58. The highest BCUT2D eigenvalue weighted by Crippen LogP contribution is 2.26. The normalized spacial score (nSPS) is 10.6. The number of amides is 1. The van der Waals surface area contributed by atoms with Gasteiger partial charge in [0.15, 0.2) is 0 Å². The van der Waals surface area contributed by atoms with E-state index in [1.165, 1.54) is 18.2 Å². The van der Waals surface area contributed by atoms with E-state index >= 15 is 0 Å². The SMILES string of the molecule is COc1cccc(/C=C/C(=O)Nc2cc(Cl)ccc2O)c1. The van der Waals surface area contributed by atoms with Gasteiger partial charge in [-0.25, -0.2) is 0 Å². The van der Waals surface area contributed by atoms with Crippen LogP contribution in [0.25, 0.3) is 6.08 Å². The van der Waals surface area contributed by atoms with E-state index < -0.39 is 0 Å². The molecule has 0 bridgehead atoms. The molecule has 108 valence electrons. The number of phenolic OH excluding ortho intramolecular Hbond substituents is 1. The number of benzene rings is 2. The van der Waals surface area contributed by atoms with E-state index in [1.807, 2.05) is 18.2 Å². The second-order valence-electron chi connectivity index (χ2n) is 4.26. The maximum absolute atomic E-state index is 11.8. The molecule has 5 heteroatoms. The van der Waals surface area contributed by atoms with E-state index in [1.54, 1.807) is 25.3 Å². The summed E-state index contributed by atoms with van der Waals surface area (Å²) < 4.78 is 5.10. The largest absolute Gasteiger partial charge is 0.506 e. The van der Waals surface area contributed by atoms with E-state index in [0.29, 0.717) is 10.8 Å². The van der Waals surface area contributed by atoms with Gasteiger partial charge in [0, 0.05) is 11.1 Å². The molecule has 2 aromatic rings. The summed E-state index contributed by atoms with van der Waals surface area (Å²) in [5.41, 5.74) is 1.10. The Kier molecular flexibility index (Phi) is 4.85. The number of halogens is 1. The number of methoxy groups -OCH3 is 1. The first-order valence-corrected chi connectivity index (χ1v) is 6.58. The van der Waals surface area contributed by atoms with Gasteiger partial charge in [-0.05, 0) is 42.0 Å². The average Bonchev–Trinajstić information content (AvgIpc) is 2.49. The molecular formula is C16H14ClNO3. The number of phenols is 1. The van der Waals surface area contributed by atoms with Crippen molar-refractivity contribution >= 4 is 29.3 Å². The van der Waals surface area contributed by atoms with Gasteiger partial charge in [0.25, 0.3) is 0 Å². The highest BCUT2D eigenvalue weighted by Gasteiger charge is 2.04. The van der Waals surface area contributed by atoms with Crippen LogP contribution in [0.3, 0.4) is 0 Å². The minimum absolute atomic E-state index is 0.0393. The number of ether oxygens (including phenoxy) is 1. The van der Waals surface area contributed by atoms with Crippen molar-refractivity contribution in [3.05, 3.63) is 59.1 Å². The summed E-state index contributed by atoms with van der Waals surface area (Å²) in [6.07, 6.45) is 3.02. The number of nitrogens with one attached hydrogen (secondary N) is 1. The van der Waals surface area contributed by atoms with Crippen LogP contribution < -0.4 is 10.1 Å². The molecule has 4 nitrogen and oxygen atoms in total. The molecule has 0 atom stereocenters. The van der Waals surface area contributed by atoms with Crippen LogP contribution in [0.15, 0.2) is 48.5 Å². The summed E-state index contributed by atoms with van der Waals surface area (Å²) in [6.45, 7) is 0. The van der Waals surface area contributed by atoms with Crippen LogP contribution in [0.4, 0.5) is 5.69 Å². The highest BCUT2D eigenvalue weighted by molar-refractivity contribution is 6.31. The van der Waals surface area contributed by atoms with E-state index in [2.05, 4.69) is 5.32 Å². The Balaban J connectivity index is 2.07. The van der Waals surface area contributed by atoms with Gasteiger partial charge in [-0.3, -0.25) is 4.79 Å². The maximum Gasteiger partial charge on any atom is 0.248 e. The predicted molar refractivity (Wildman–Crippen MR) is 83.8 cm³/mol. The van der Waals surface area contributed by atoms with Gasteiger partial charge >= 0.3 is 0 Å². The number of carbonyl (C=O) groups is 1. The molecule has 0 unspecified atom stereocenters. The Morgan fingerprint density at radius 1 is 1.29 bits per heavy atom. The summed E-state index contributed by atoms with van der Waals surface area (Å²) in [5.74, 6) is 0.308. The van der Waals surface area contributed by atoms with Crippen molar-refractivity contribution in [3.63, 3.8) is 0 Å². The molecule has 2 rings (SSSR count). The zero-order chi connectivity index (χ0) is 15.2. The molecule has 0 saturated carbocycles. The van der Waals surface area contributed by atoms with Crippen LogP contribution in [0.5, 0.6) is 11.5 Å². The van der Waals surface area contributed by atoms with Crippen LogP contribution in [0, 0.1) is 0 Å². The highest BCUT2D eigenvalue weighted by atomic mass is 35.5. The molecule has 2 N–H and O–H groups in total. The third-order valence-corrected chi connectivity index (χ3v) is 2.97. The fourth-order valence-corrected chi connectivity index (χ4v) is 1.87. The Hall–Kier alpha value is -2.46. The minimum atomic E-state index is -0.365. The zero-order valence-corrected chi connectivity index (χ0v) is 12.1. The summed E-state index contributed by atoms with van der Waals surface area (Å²) >= 11 is 5.81. The lowest BCUT2D eigenvalue weighted by Gasteiger charge is -2.05. The number of aromatic hydroxyl groups is 1. The number of hydrogen-bond donors (Lipinski definition) is 2. The number of hydrogen-bond acceptors (Lipinski definition) is 3. The Labute approximate surface area is 127 Å². The molecule has 0 aliphatic rings. The van der Waals surface area contributed by atoms with E-state index in [9.17, 15) is 9.90 Å². The number of rotatable bonds is 4. The van der Waals surface area contributed by atoms with Gasteiger partial charge in [0.05, 0.1) is 12.8 Å². The molecule has 0 saturated heterocycles. The minimum Gasteiger partial charge on any atom is -0.506 e. The lowest BCUT2D eigenvalue weighted by molar-refractivity contribution is -0.111. The van der Waals surface area contributed by atoms with Crippen molar-refractivity contribution in [2.75, 3.05) is 12.4 Å². The molecule has 0 fully saturated rings. The molecule has 0 heterocycles. The molecule has 0 aromatic heterocycles. The third kappa shape index (κ3) is 4.26. The number of anilines is 1. The number of carbonyl (C=O) groups excluding carboxylic acids is 1. The molecular weight excluding hydrogens is 290 g/mol. The van der Waals surface area contributed by atoms with Crippen LogP contribution in [-0.2, 0) is 4.79 Å². The lowest BCUT2D eigenvalue weighted by Crippen LogP contribution is -2.07. The average molecular weight is 304 g/mol. The van der Waals surface area contributed by atoms with E-state index in [-0.39, 0.29) is 17.3 Å². The summed E-state index contributed by atoms with van der Waals surface area (Å²) in [6, 6.07) is 11.8. The fourth-order valence-electron chi connectivity index (χ4n) is 1.70. The second-order valence-corrected chi connectivity index (χ2v) is 4.70. The van der Waals surface area contributed by atoms with Gasteiger partial charge < -0.3 is 15.2 Å². The van der Waals surface area contributed by atoms with E-state index in [4.69, 9.17) is 16.3 Å². The monoisotopic (exact) mass is 303 g/mol. The standard InChI is InChI=1S/C16H14ClNO3/c1-21-13-4-2-3-11(9-13)5-8-16(20)18-14-10-12(17)6-7-15(14)19/h2-10,19H,1H3,(H,18,20)/b8-5+. The Morgan fingerprint density at radius 3 is 2.86 bits per heavy atom. The van der Waals surface area contributed by atoms with Crippen LogP contribution in [0.1, 0.15) is 5.56 Å². The molecule has 21 heavy (non-hydrogen) atoms. The van der Waals surface area contributed by atoms with Gasteiger partial charge in [-0.2, -0.15) is 0 Å². The molecule has 0 radical (unpaired) electrons. The first kappa shape index (κ1) is 14.9. The van der Waals surface area contributed by atoms with Crippen molar-refractivity contribution in [3.8, 4) is 11.5 Å². The molecule has 0 aliphatic heterocycles. The summed E-state index contributed by atoms with van der Waals surface area (Å²) in [5, 5.41) is 12.6. The van der Waals surface area contributed by atoms with Crippen LogP contribution in [0.2, 0.25) is 5.02 Å². The quantitative estimate of drug-likeness (QED) is 0.669. The first-order valence-electron chi connectivity index (χ1n) is 6.20. The Morgan fingerprint density at radius 2 is 2.10 bits per heavy atom. The Bertz CT molecular complexity index is 683. The molecule has 2 aromatic carbocycles. The molecule has 0 spiro atoms. The van der Waals surface area contributed by atoms with Crippen LogP contribution >= 0.6 is 11.6 Å². The van der Waals surface area contributed by atoms with E-state index in [0.717, 1.165) is 5.56 Å². The third-order valence-electron chi connectivity index (χ3n) is 2.74. The topological polar surface area (TPSA) is 58.6 Å².